The Morgan fingerprint density at radius 1 is 0.889 bits per heavy atom. The summed E-state index contributed by atoms with van der Waals surface area (Å²) < 4.78 is 5.20. The summed E-state index contributed by atoms with van der Waals surface area (Å²) in [5.74, 6) is -0.433. The van der Waals surface area contributed by atoms with Gasteiger partial charge in [0.05, 0.1) is 6.61 Å². The lowest BCUT2D eigenvalue weighted by Gasteiger charge is -2.24. The van der Waals surface area contributed by atoms with Gasteiger partial charge in [0, 0.05) is 56.0 Å². The van der Waals surface area contributed by atoms with Crippen molar-refractivity contribution in [2.24, 2.45) is 0 Å². The number of amides is 2. The molecule has 2 unspecified atom stereocenters. The lowest BCUT2D eigenvalue weighted by molar-refractivity contribution is -0.147. The summed E-state index contributed by atoms with van der Waals surface area (Å²) in [5.41, 5.74) is 8.96. The molecule has 10 heteroatoms. The van der Waals surface area contributed by atoms with Crippen molar-refractivity contribution in [3.63, 3.8) is 0 Å². The number of carbonyl (C=O) groups is 3. The van der Waals surface area contributed by atoms with Crippen LogP contribution in [-0.4, -0.2) is 61.3 Å². The lowest BCUT2D eigenvalue weighted by atomic mass is 10.0. The number of benzene rings is 2. The van der Waals surface area contributed by atoms with Crippen LogP contribution in [0.25, 0.3) is 0 Å². The van der Waals surface area contributed by atoms with Crippen molar-refractivity contribution in [1.29, 1.82) is 0 Å². The standard InChI is InChI=1S/C26H34Cl2N4O4/c1-3-36-26(35)24(17-20-6-10-22(11-7-20)32(14-12-27)15-13-28)31-25(34)23(30-18(2)33)16-19-4-8-21(29)9-5-19/h4-11,23-24H,3,12-17,29H2,1-2H3,(H,30,33)(H,31,34). The number of carbonyl (C=O) groups excluding carboxylic acids is 3. The second-order valence-corrected chi connectivity index (χ2v) is 9.00. The van der Waals surface area contributed by atoms with Crippen molar-refractivity contribution in [2.75, 3.05) is 42.1 Å². The highest BCUT2D eigenvalue weighted by atomic mass is 35.5. The number of esters is 1. The van der Waals surface area contributed by atoms with Crippen LogP contribution in [0.1, 0.15) is 25.0 Å². The van der Waals surface area contributed by atoms with Crippen molar-refractivity contribution in [3.8, 4) is 0 Å². The Kier molecular flexibility index (Phi) is 12.4. The Morgan fingerprint density at radius 2 is 1.42 bits per heavy atom. The number of halogens is 2. The van der Waals surface area contributed by atoms with E-state index in [1.165, 1.54) is 6.92 Å². The molecule has 0 fully saturated rings. The van der Waals surface area contributed by atoms with Crippen molar-refractivity contribution in [2.45, 2.75) is 38.8 Å². The summed E-state index contributed by atoms with van der Waals surface area (Å²) in [6.45, 7) is 4.54. The van der Waals surface area contributed by atoms with Crippen LogP contribution in [0.3, 0.4) is 0 Å². The molecule has 8 nitrogen and oxygen atoms in total. The summed E-state index contributed by atoms with van der Waals surface area (Å²) in [4.78, 5) is 39.7. The summed E-state index contributed by atoms with van der Waals surface area (Å²) >= 11 is 11.8. The van der Waals surface area contributed by atoms with Crippen LogP contribution < -0.4 is 21.3 Å². The minimum atomic E-state index is -0.923. The van der Waals surface area contributed by atoms with E-state index in [1.807, 2.05) is 24.3 Å². The highest BCUT2D eigenvalue weighted by molar-refractivity contribution is 6.18. The van der Waals surface area contributed by atoms with Gasteiger partial charge in [0.15, 0.2) is 0 Å². The molecular weight excluding hydrogens is 503 g/mol. The summed E-state index contributed by atoms with van der Waals surface area (Å²) in [5, 5.41) is 5.43. The maximum atomic E-state index is 13.2. The lowest BCUT2D eigenvalue weighted by Crippen LogP contribution is -2.53. The Bertz CT molecular complexity index is 980. The molecule has 0 saturated carbocycles. The van der Waals surface area contributed by atoms with Gasteiger partial charge in [0.2, 0.25) is 11.8 Å². The maximum Gasteiger partial charge on any atom is 0.328 e. The molecule has 2 aromatic carbocycles. The third-order valence-corrected chi connectivity index (χ3v) is 5.79. The Balaban J connectivity index is 2.18. The first kappa shape index (κ1) is 29.3. The van der Waals surface area contributed by atoms with Gasteiger partial charge < -0.3 is 26.0 Å². The van der Waals surface area contributed by atoms with E-state index in [0.29, 0.717) is 30.5 Å². The molecule has 2 atom stereocenters. The van der Waals surface area contributed by atoms with Crippen molar-refractivity contribution in [1.82, 2.24) is 10.6 Å². The molecule has 0 spiro atoms. The van der Waals surface area contributed by atoms with Gasteiger partial charge in [-0.1, -0.05) is 24.3 Å². The van der Waals surface area contributed by atoms with E-state index in [-0.39, 0.29) is 25.4 Å². The van der Waals surface area contributed by atoms with Crippen LogP contribution in [0.15, 0.2) is 48.5 Å². The molecule has 2 amide bonds. The Morgan fingerprint density at radius 3 is 1.92 bits per heavy atom. The monoisotopic (exact) mass is 536 g/mol. The van der Waals surface area contributed by atoms with Crippen LogP contribution in [-0.2, 0) is 32.0 Å². The number of nitrogens with two attached hydrogens (primary N) is 1. The second kappa shape index (κ2) is 15.2. The molecule has 0 saturated heterocycles. The highest BCUT2D eigenvalue weighted by Crippen LogP contribution is 2.17. The van der Waals surface area contributed by atoms with Gasteiger partial charge in [0.1, 0.15) is 12.1 Å². The Labute approximate surface area is 222 Å². The van der Waals surface area contributed by atoms with Gasteiger partial charge in [-0.15, -0.1) is 23.2 Å². The average molecular weight is 537 g/mol. The first-order valence-corrected chi connectivity index (χ1v) is 12.9. The number of nitrogen functional groups attached to an aromatic ring is 1. The third kappa shape index (κ3) is 9.59. The molecular formula is C26H34Cl2N4O4. The van der Waals surface area contributed by atoms with Gasteiger partial charge in [-0.2, -0.15) is 0 Å². The number of ether oxygens (including phenoxy) is 1. The molecule has 0 aliphatic heterocycles. The normalized spacial score (nSPS) is 12.3. The summed E-state index contributed by atoms with van der Waals surface area (Å²) in [6, 6.07) is 12.9. The van der Waals surface area contributed by atoms with Gasteiger partial charge in [-0.3, -0.25) is 9.59 Å². The van der Waals surface area contributed by atoms with Crippen LogP contribution >= 0.6 is 23.2 Å². The topological polar surface area (TPSA) is 114 Å². The van der Waals surface area contributed by atoms with Crippen LogP contribution in [0, 0.1) is 0 Å². The van der Waals surface area contributed by atoms with E-state index >= 15 is 0 Å². The molecule has 0 bridgehead atoms. The number of anilines is 2. The molecule has 36 heavy (non-hydrogen) atoms. The van der Waals surface area contributed by atoms with Crippen molar-refractivity contribution in [3.05, 3.63) is 59.7 Å². The molecule has 0 radical (unpaired) electrons. The SMILES string of the molecule is CCOC(=O)C(Cc1ccc(N(CCCl)CCCl)cc1)NC(=O)C(Cc1ccc(N)cc1)NC(C)=O. The zero-order chi connectivity index (χ0) is 26.5. The van der Waals surface area contributed by atoms with E-state index in [1.54, 1.807) is 31.2 Å². The first-order chi connectivity index (χ1) is 17.3. The van der Waals surface area contributed by atoms with Crippen LogP contribution in [0.2, 0.25) is 0 Å². The zero-order valence-electron chi connectivity index (χ0n) is 20.6. The summed E-state index contributed by atoms with van der Waals surface area (Å²) in [7, 11) is 0. The second-order valence-electron chi connectivity index (χ2n) is 8.25. The van der Waals surface area contributed by atoms with Crippen LogP contribution in [0.4, 0.5) is 11.4 Å². The maximum absolute atomic E-state index is 13.2. The van der Waals surface area contributed by atoms with Crippen molar-refractivity contribution >= 4 is 52.4 Å². The molecule has 196 valence electrons. The fraction of sp³-hybridized carbons (Fsp3) is 0.423. The smallest absolute Gasteiger partial charge is 0.328 e. The third-order valence-electron chi connectivity index (χ3n) is 5.45. The highest BCUT2D eigenvalue weighted by Gasteiger charge is 2.27. The fourth-order valence-corrected chi connectivity index (χ4v) is 4.11. The minimum Gasteiger partial charge on any atom is -0.464 e. The average Bonchev–Trinajstić information content (AvgIpc) is 2.84. The summed E-state index contributed by atoms with van der Waals surface area (Å²) in [6.07, 6.45) is 0.470. The number of hydrogen-bond donors (Lipinski definition) is 3. The van der Waals surface area contributed by atoms with E-state index in [0.717, 1.165) is 16.8 Å². The van der Waals surface area contributed by atoms with Gasteiger partial charge in [-0.25, -0.2) is 4.79 Å². The van der Waals surface area contributed by atoms with Gasteiger partial charge in [0.25, 0.3) is 0 Å². The van der Waals surface area contributed by atoms with E-state index in [9.17, 15) is 14.4 Å². The number of nitrogens with one attached hydrogen (secondary N) is 2. The van der Waals surface area contributed by atoms with E-state index in [2.05, 4.69) is 15.5 Å². The molecule has 0 aliphatic carbocycles. The zero-order valence-corrected chi connectivity index (χ0v) is 22.1. The quantitative estimate of drug-likeness (QED) is 0.194. The largest absolute Gasteiger partial charge is 0.464 e. The molecule has 2 aromatic rings. The number of nitrogens with zero attached hydrogens (tertiary/aromatic N) is 1. The predicted molar refractivity (Wildman–Crippen MR) is 145 cm³/mol. The Hall–Kier alpha value is -2.97. The van der Waals surface area contributed by atoms with Gasteiger partial charge in [-0.05, 0) is 42.3 Å². The molecule has 0 aromatic heterocycles. The van der Waals surface area contributed by atoms with Crippen molar-refractivity contribution < 1.29 is 19.1 Å². The molecule has 4 N–H and O–H groups in total. The number of alkyl halides is 2. The number of rotatable bonds is 14. The van der Waals surface area contributed by atoms with E-state index in [4.69, 9.17) is 33.7 Å². The predicted octanol–water partition coefficient (Wildman–Crippen LogP) is 2.89. The fourth-order valence-electron chi connectivity index (χ4n) is 3.71. The van der Waals surface area contributed by atoms with Gasteiger partial charge >= 0.3 is 5.97 Å². The molecule has 0 aliphatic rings. The molecule has 0 heterocycles. The molecule has 2 rings (SSSR count). The number of hydrogen-bond acceptors (Lipinski definition) is 6. The minimum absolute atomic E-state index is 0.177. The van der Waals surface area contributed by atoms with Crippen LogP contribution in [0.5, 0.6) is 0 Å². The van der Waals surface area contributed by atoms with E-state index < -0.39 is 24.0 Å². The first-order valence-electron chi connectivity index (χ1n) is 11.8.